The van der Waals surface area contributed by atoms with Crippen molar-refractivity contribution in [2.75, 3.05) is 19.6 Å². The minimum absolute atomic E-state index is 0.0625. The number of nitrogens with zero attached hydrogens (tertiary/aromatic N) is 1. The van der Waals surface area contributed by atoms with E-state index in [1.54, 1.807) is 0 Å². The Morgan fingerprint density at radius 2 is 1.88 bits per heavy atom. The van der Waals surface area contributed by atoms with Gasteiger partial charge in [-0.05, 0) is 35.8 Å². The van der Waals surface area contributed by atoms with Crippen molar-refractivity contribution in [3.05, 3.63) is 35.4 Å². The van der Waals surface area contributed by atoms with Crippen molar-refractivity contribution in [3.63, 3.8) is 0 Å². The molecule has 0 saturated carbocycles. The molecule has 1 saturated heterocycles. The summed E-state index contributed by atoms with van der Waals surface area (Å²) in [4.78, 5) is 26.0. The summed E-state index contributed by atoms with van der Waals surface area (Å²) in [6, 6.07) is 8.64. The van der Waals surface area contributed by atoms with Crippen LogP contribution in [0.1, 0.15) is 58.1 Å². The molecule has 1 aromatic rings. The van der Waals surface area contributed by atoms with Crippen LogP contribution < -0.4 is 5.32 Å². The zero-order valence-electron chi connectivity index (χ0n) is 16.1. The zero-order chi connectivity index (χ0) is 18.4. The summed E-state index contributed by atoms with van der Waals surface area (Å²) in [5.41, 5.74) is 2.72. The lowest BCUT2D eigenvalue weighted by molar-refractivity contribution is -0.135. The molecule has 4 heteroatoms. The molecule has 0 aromatic heterocycles. The molecule has 1 aromatic carbocycles. The average Bonchev–Trinajstić information content (AvgIpc) is 2.60. The summed E-state index contributed by atoms with van der Waals surface area (Å²) in [6.07, 6.45) is 3.14. The van der Waals surface area contributed by atoms with Gasteiger partial charge in [-0.25, -0.2) is 0 Å². The molecule has 1 heterocycles. The van der Waals surface area contributed by atoms with Crippen LogP contribution in [0.3, 0.4) is 0 Å². The lowest BCUT2D eigenvalue weighted by Crippen LogP contribution is -2.45. The van der Waals surface area contributed by atoms with Gasteiger partial charge in [0.2, 0.25) is 11.8 Å². The molecule has 1 unspecified atom stereocenters. The van der Waals surface area contributed by atoms with Crippen LogP contribution in [0, 0.1) is 5.92 Å². The van der Waals surface area contributed by atoms with Crippen molar-refractivity contribution in [1.82, 2.24) is 10.2 Å². The number of piperidine rings is 1. The second-order valence-electron chi connectivity index (χ2n) is 8.02. The van der Waals surface area contributed by atoms with Gasteiger partial charge in [-0.1, -0.05) is 52.0 Å². The number of amides is 2. The van der Waals surface area contributed by atoms with Gasteiger partial charge in [-0.15, -0.1) is 0 Å². The first-order chi connectivity index (χ1) is 11.8. The number of hydrogen-bond donors (Lipinski definition) is 1. The van der Waals surface area contributed by atoms with E-state index in [1.807, 2.05) is 11.8 Å². The summed E-state index contributed by atoms with van der Waals surface area (Å²) in [5, 5.41) is 3.05. The molecular formula is C21H32N2O2. The van der Waals surface area contributed by atoms with Crippen LogP contribution in [0.4, 0.5) is 0 Å². The molecule has 0 spiro atoms. The molecule has 0 radical (unpaired) electrons. The molecule has 1 aliphatic heterocycles. The van der Waals surface area contributed by atoms with Gasteiger partial charge < -0.3 is 10.2 Å². The molecule has 138 valence electrons. The molecule has 1 N–H and O–H groups in total. The van der Waals surface area contributed by atoms with Crippen molar-refractivity contribution < 1.29 is 9.59 Å². The van der Waals surface area contributed by atoms with E-state index in [1.165, 1.54) is 11.1 Å². The molecule has 2 amide bonds. The van der Waals surface area contributed by atoms with Gasteiger partial charge in [0.1, 0.15) is 0 Å². The number of carbonyl (C=O) groups is 2. The Kier molecular flexibility index (Phi) is 6.63. The second kappa shape index (κ2) is 8.50. The van der Waals surface area contributed by atoms with Gasteiger partial charge in [-0.3, -0.25) is 9.59 Å². The number of nitrogens with one attached hydrogen (secondary N) is 1. The van der Waals surface area contributed by atoms with Crippen molar-refractivity contribution in [3.8, 4) is 0 Å². The van der Waals surface area contributed by atoms with Gasteiger partial charge in [0.15, 0.2) is 0 Å². The molecule has 4 nitrogen and oxygen atoms in total. The van der Waals surface area contributed by atoms with Gasteiger partial charge in [0, 0.05) is 26.1 Å². The van der Waals surface area contributed by atoms with E-state index < -0.39 is 0 Å². The Labute approximate surface area is 152 Å². The van der Waals surface area contributed by atoms with Gasteiger partial charge in [0.05, 0.1) is 5.92 Å². The Bertz CT molecular complexity index is 587. The maximum Gasteiger partial charge on any atom is 0.224 e. The topological polar surface area (TPSA) is 49.4 Å². The third-order valence-corrected chi connectivity index (χ3v) is 4.98. The average molecular weight is 344 g/mol. The third kappa shape index (κ3) is 5.58. The maximum absolute atomic E-state index is 12.4. The Morgan fingerprint density at radius 3 is 2.48 bits per heavy atom. The lowest BCUT2D eigenvalue weighted by atomic mass is 9.86. The number of carbonyl (C=O) groups excluding carboxylic acids is 2. The van der Waals surface area contributed by atoms with Crippen LogP contribution in [-0.2, 0) is 21.4 Å². The Hall–Kier alpha value is -1.84. The zero-order valence-corrected chi connectivity index (χ0v) is 16.1. The Morgan fingerprint density at radius 1 is 1.20 bits per heavy atom. The predicted molar refractivity (Wildman–Crippen MR) is 101 cm³/mol. The molecule has 25 heavy (non-hydrogen) atoms. The van der Waals surface area contributed by atoms with E-state index in [2.05, 4.69) is 50.4 Å². The molecule has 0 bridgehead atoms. The maximum atomic E-state index is 12.4. The summed E-state index contributed by atoms with van der Waals surface area (Å²) in [5.74, 6) is 0.170. The molecule has 1 aliphatic rings. The minimum Gasteiger partial charge on any atom is -0.355 e. The lowest BCUT2D eigenvalue weighted by Gasteiger charge is -2.31. The normalized spacial score (nSPS) is 18.1. The van der Waals surface area contributed by atoms with Crippen molar-refractivity contribution >= 4 is 11.8 Å². The van der Waals surface area contributed by atoms with Gasteiger partial charge >= 0.3 is 0 Å². The molecule has 2 rings (SSSR count). The first-order valence-corrected chi connectivity index (χ1v) is 9.46. The highest BCUT2D eigenvalue weighted by atomic mass is 16.2. The van der Waals surface area contributed by atoms with E-state index in [4.69, 9.17) is 0 Å². The fraction of sp³-hybridized carbons (Fsp3) is 0.619. The highest BCUT2D eigenvalue weighted by Gasteiger charge is 2.27. The van der Waals surface area contributed by atoms with E-state index in [0.29, 0.717) is 19.5 Å². The highest BCUT2D eigenvalue weighted by molar-refractivity contribution is 5.81. The summed E-state index contributed by atoms with van der Waals surface area (Å²) >= 11 is 0. The SMILES string of the molecule is CCC(=O)N1CCCC(C(=O)NCCc2ccc(C(C)(C)C)cc2)C1. The van der Waals surface area contributed by atoms with Crippen molar-refractivity contribution in [2.45, 2.75) is 58.8 Å². The van der Waals surface area contributed by atoms with Crippen molar-refractivity contribution in [2.24, 2.45) is 5.92 Å². The molecule has 1 fully saturated rings. The number of benzene rings is 1. The smallest absolute Gasteiger partial charge is 0.224 e. The monoisotopic (exact) mass is 344 g/mol. The summed E-state index contributed by atoms with van der Waals surface area (Å²) in [6.45, 7) is 10.5. The molecule has 1 atom stereocenters. The van der Waals surface area contributed by atoms with E-state index >= 15 is 0 Å². The summed E-state index contributed by atoms with van der Waals surface area (Å²) in [7, 11) is 0. The minimum atomic E-state index is -0.0625. The van der Waals surface area contributed by atoms with Crippen LogP contribution in [0.15, 0.2) is 24.3 Å². The van der Waals surface area contributed by atoms with Gasteiger partial charge in [0.25, 0.3) is 0 Å². The first kappa shape index (κ1) is 19.5. The first-order valence-electron chi connectivity index (χ1n) is 9.46. The fourth-order valence-electron chi connectivity index (χ4n) is 3.29. The van der Waals surface area contributed by atoms with E-state index in [9.17, 15) is 9.59 Å². The largest absolute Gasteiger partial charge is 0.355 e. The predicted octanol–water partition coefficient (Wildman–Crippen LogP) is 3.29. The van der Waals surface area contributed by atoms with Crippen LogP contribution in [0.5, 0.6) is 0 Å². The van der Waals surface area contributed by atoms with E-state index in [-0.39, 0.29) is 23.1 Å². The number of hydrogen-bond acceptors (Lipinski definition) is 2. The van der Waals surface area contributed by atoms with Crippen LogP contribution in [0.2, 0.25) is 0 Å². The third-order valence-electron chi connectivity index (χ3n) is 4.98. The summed E-state index contributed by atoms with van der Waals surface area (Å²) < 4.78 is 0. The quantitative estimate of drug-likeness (QED) is 0.891. The van der Waals surface area contributed by atoms with Gasteiger partial charge in [-0.2, -0.15) is 0 Å². The van der Waals surface area contributed by atoms with E-state index in [0.717, 1.165) is 25.8 Å². The fourth-order valence-corrected chi connectivity index (χ4v) is 3.29. The number of rotatable bonds is 5. The van der Waals surface area contributed by atoms with Crippen molar-refractivity contribution in [1.29, 1.82) is 0 Å². The molecular weight excluding hydrogens is 312 g/mol. The van der Waals surface area contributed by atoms with Crippen LogP contribution >= 0.6 is 0 Å². The van der Waals surface area contributed by atoms with Crippen LogP contribution in [-0.4, -0.2) is 36.3 Å². The molecule has 0 aliphatic carbocycles. The van der Waals surface area contributed by atoms with Crippen LogP contribution in [0.25, 0.3) is 0 Å². The number of likely N-dealkylation sites (tertiary alicyclic amines) is 1. The Balaban J connectivity index is 1.79. The highest BCUT2D eigenvalue weighted by Crippen LogP contribution is 2.22. The standard InChI is InChI=1S/C21H32N2O2/c1-5-19(24)23-14-6-7-17(15-23)20(25)22-13-12-16-8-10-18(11-9-16)21(2,3)4/h8-11,17H,5-7,12-15H2,1-4H3,(H,22,25). The second-order valence-corrected chi connectivity index (χ2v) is 8.02.